The summed E-state index contributed by atoms with van der Waals surface area (Å²) in [5.74, 6) is 2.09. The number of halogens is 1. The lowest BCUT2D eigenvalue weighted by molar-refractivity contribution is 0.183. The minimum atomic E-state index is -0.369. The normalized spacial score (nSPS) is 18.4. The van der Waals surface area contributed by atoms with Crippen molar-refractivity contribution in [2.24, 2.45) is 5.92 Å². The zero-order valence-corrected chi connectivity index (χ0v) is 22.9. The molecule has 1 unspecified atom stereocenters. The van der Waals surface area contributed by atoms with E-state index in [1.165, 1.54) is 56.4 Å². The molecule has 0 amide bonds. The molecule has 0 bridgehead atoms. The van der Waals surface area contributed by atoms with Crippen molar-refractivity contribution >= 4 is 22.5 Å². The van der Waals surface area contributed by atoms with Crippen LogP contribution >= 0.6 is 11.6 Å². The molecule has 36 heavy (non-hydrogen) atoms. The fourth-order valence-electron chi connectivity index (χ4n) is 6.57. The van der Waals surface area contributed by atoms with Gasteiger partial charge in [0.15, 0.2) is 0 Å². The average Bonchev–Trinajstić information content (AvgIpc) is 3.11. The monoisotopic (exact) mass is 506 g/mol. The molecular weight excluding hydrogens is 468 g/mol. The van der Waals surface area contributed by atoms with Crippen LogP contribution in [0, 0.1) is 5.92 Å². The van der Waals surface area contributed by atoms with Gasteiger partial charge >= 0.3 is 0 Å². The zero-order valence-electron chi connectivity index (χ0n) is 22.1. The van der Waals surface area contributed by atoms with E-state index in [1.807, 2.05) is 19.2 Å². The third-order valence-corrected chi connectivity index (χ3v) is 8.94. The van der Waals surface area contributed by atoms with Gasteiger partial charge in [0.1, 0.15) is 5.82 Å². The summed E-state index contributed by atoms with van der Waals surface area (Å²) in [5.41, 5.74) is 4.09. The second kappa shape index (κ2) is 10.3. The molecule has 192 valence electrons. The highest BCUT2D eigenvalue weighted by Crippen LogP contribution is 2.47. The second-order valence-electron chi connectivity index (χ2n) is 11.1. The zero-order chi connectivity index (χ0) is 25.4. The van der Waals surface area contributed by atoms with E-state index in [-0.39, 0.29) is 11.0 Å². The molecule has 0 aliphatic carbocycles. The number of benzene rings is 2. The minimum Gasteiger partial charge on any atom is -0.320 e. The summed E-state index contributed by atoms with van der Waals surface area (Å²) in [5, 5.41) is 4.35. The smallest absolute Gasteiger partial charge is 0.282 e. The third-order valence-electron chi connectivity index (χ3n) is 8.63. The van der Waals surface area contributed by atoms with E-state index in [9.17, 15) is 4.79 Å². The predicted molar refractivity (Wildman–Crippen MR) is 150 cm³/mol. The summed E-state index contributed by atoms with van der Waals surface area (Å²) < 4.78 is 2.18. The van der Waals surface area contributed by atoms with Gasteiger partial charge in [0.2, 0.25) is 0 Å². The average molecular weight is 507 g/mol. The first kappa shape index (κ1) is 25.4. The van der Waals surface area contributed by atoms with E-state index in [2.05, 4.69) is 58.7 Å². The van der Waals surface area contributed by atoms with Gasteiger partial charge in [-0.2, -0.15) is 4.98 Å². The van der Waals surface area contributed by atoms with Crippen molar-refractivity contribution in [3.8, 4) is 5.69 Å². The molecule has 3 heterocycles. The molecule has 3 aromatic rings. The van der Waals surface area contributed by atoms with Gasteiger partial charge in [-0.05, 0) is 120 Å². The van der Waals surface area contributed by atoms with Gasteiger partial charge in [0, 0.05) is 0 Å². The van der Waals surface area contributed by atoms with Crippen molar-refractivity contribution in [2.45, 2.75) is 64.2 Å². The molecule has 1 atom stereocenters. The van der Waals surface area contributed by atoms with E-state index < -0.39 is 0 Å². The van der Waals surface area contributed by atoms with Crippen LogP contribution in [0.2, 0.25) is 5.02 Å². The Hall–Kier alpha value is -2.21. The quantitative estimate of drug-likeness (QED) is 0.414. The van der Waals surface area contributed by atoms with Crippen LogP contribution in [0.15, 0.2) is 41.2 Å². The van der Waals surface area contributed by atoms with Crippen molar-refractivity contribution in [2.75, 3.05) is 33.2 Å². The van der Waals surface area contributed by atoms with Crippen molar-refractivity contribution in [1.29, 1.82) is 0 Å². The molecule has 1 saturated heterocycles. The number of hydrogen-bond donors (Lipinski definition) is 1. The minimum absolute atomic E-state index is 0.241. The molecule has 1 fully saturated rings. The molecule has 1 aromatic heterocycles. The van der Waals surface area contributed by atoms with Crippen molar-refractivity contribution < 1.29 is 0 Å². The second-order valence-corrected chi connectivity index (χ2v) is 11.5. The Morgan fingerprint density at radius 1 is 1.14 bits per heavy atom. The molecule has 6 heteroatoms. The van der Waals surface area contributed by atoms with Gasteiger partial charge in [0.05, 0.1) is 27.0 Å². The molecule has 2 aliphatic heterocycles. The SMILES string of the molecule is CCN1CCC(CCC(CCNC)c2cccc3c2C(C)(C)c2nc(=O)c4c(Cl)cccc4n2-3)CC1. The Morgan fingerprint density at radius 3 is 2.61 bits per heavy atom. The van der Waals surface area contributed by atoms with Crippen molar-refractivity contribution in [3.05, 3.63) is 68.7 Å². The fourth-order valence-corrected chi connectivity index (χ4v) is 6.82. The van der Waals surface area contributed by atoms with Crippen molar-refractivity contribution in [1.82, 2.24) is 19.8 Å². The molecule has 5 nitrogen and oxygen atoms in total. The predicted octanol–water partition coefficient (Wildman–Crippen LogP) is 5.88. The summed E-state index contributed by atoms with van der Waals surface area (Å²) >= 11 is 6.47. The summed E-state index contributed by atoms with van der Waals surface area (Å²) in [6.45, 7) is 11.3. The number of piperidine rings is 1. The molecule has 2 aromatic carbocycles. The summed E-state index contributed by atoms with van der Waals surface area (Å²) in [6.07, 6.45) is 6.20. The Morgan fingerprint density at radius 2 is 1.89 bits per heavy atom. The number of aromatic nitrogens is 2. The van der Waals surface area contributed by atoms with E-state index in [1.54, 1.807) is 6.07 Å². The van der Waals surface area contributed by atoms with Crippen LogP contribution in [0.3, 0.4) is 0 Å². The lowest BCUT2D eigenvalue weighted by Crippen LogP contribution is -2.33. The molecule has 0 saturated carbocycles. The van der Waals surface area contributed by atoms with E-state index in [0.717, 1.165) is 35.9 Å². The van der Waals surface area contributed by atoms with Crippen LogP contribution in [0.1, 0.15) is 75.7 Å². The lowest BCUT2D eigenvalue weighted by Gasteiger charge is -2.32. The van der Waals surface area contributed by atoms with Gasteiger partial charge < -0.3 is 10.2 Å². The van der Waals surface area contributed by atoms with Crippen LogP contribution in [0.4, 0.5) is 0 Å². The first-order valence-corrected chi connectivity index (χ1v) is 14.0. The highest BCUT2D eigenvalue weighted by Gasteiger charge is 2.41. The fraction of sp³-hybridized carbons (Fsp3) is 0.533. The molecule has 1 N–H and O–H groups in total. The number of nitrogens with zero attached hydrogens (tertiary/aromatic N) is 3. The van der Waals surface area contributed by atoms with Crippen LogP contribution in [0.25, 0.3) is 16.6 Å². The summed E-state index contributed by atoms with van der Waals surface area (Å²) in [7, 11) is 2.04. The van der Waals surface area contributed by atoms with Gasteiger partial charge in [-0.15, -0.1) is 0 Å². The van der Waals surface area contributed by atoms with Gasteiger partial charge in [0.25, 0.3) is 5.56 Å². The van der Waals surface area contributed by atoms with Crippen LogP contribution in [0.5, 0.6) is 0 Å². The van der Waals surface area contributed by atoms with Gasteiger partial charge in [-0.25, -0.2) is 0 Å². The Balaban J connectivity index is 1.55. The van der Waals surface area contributed by atoms with E-state index in [0.29, 0.717) is 16.3 Å². The highest BCUT2D eigenvalue weighted by atomic mass is 35.5. The van der Waals surface area contributed by atoms with Gasteiger partial charge in [-0.3, -0.25) is 9.36 Å². The Labute approximate surface area is 219 Å². The maximum Gasteiger partial charge on any atom is 0.282 e. The number of hydrogen-bond acceptors (Lipinski definition) is 4. The molecule has 2 aliphatic rings. The number of nitrogens with one attached hydrogen (secondary N) is 1. The Kier molecular flexibility index (Phi) is 7.26. The molecule has 0 radical (unpaired) electrons. The first-order valence-electron chi connectivity index (χ1n) is 13.6. The Bertz CT molecular complexity index is 1310. The van der Waals surface area contributed by atoms with E-state index in [4.69, 9.17) is 11.6 Å². The first-order chi connectivity index (χ1) is 17.4. The van der Waals surface area contributed by atoms with E-state index >= 15 is 0 Å². The largest absolute Gasteiger partial charge is 0.320 e. The number of fused-ring (bicyclic) bond motifs is 5. The number of rotatable bonds is 8. The number of likely N-dealkylation sites (tertiary alicyclic amines) is 1. The standard InChI is InChI=1S/C30H39ClN4O/c1-5-34-18-15-20(16-19-34)12-13-21(14-17-32-4)22-8-6-11-25-27(22)30(2,3)29-33-28(36)26-23(31)9-7-10-24(26)35(25)29/h6-11,20-21,32H,5,12-19H2,1-4H3. The third kappa shape index (κ3) is 4.40. The maximum absolute atomic E-state index is 13.1. The molecule has 0 spiro atoms. The topological polar surface area (TPSA) is 50.2 Å². The van der Waals surface area contributed by atoms with Crippen LogP contribution in [-0.4, -0.2) is 47.7 Å². The lowest BCUT2D eigenvalue weighted by atomic mass is 9.76. The highest BCUT2D eigenvalue weighted by molar-refractivity contribution is 6.35. The van der Waals surface area contributed by atoms with Crippen molar-refractivity contribution in [3.63, 3.8) is 0 Å². The van der Waals surface area contributed by atoms with Gasteiger partial charge in [-0.1, -0.05) is 36.7 Å². The molecule has 5 rings (SSSR count). The van der Waals surface area contributed by atoms with Crippen LogP contribution < -0.4 is 10.9 Å². The summed E-state index contributed by atoms with van der Waals surface area (Å²) in [6, 6.07) is 12.4. The maximum atomic E-state index is 13.1. The van der Waals surface area contributed by atoms with Crippen LogP contribution in [-0.2, 0) is 5.41 Å². The molecular formula is C30H39ClN4O. The summed E-state index contributed by atoms with van der Waals surface area (Å²) in [4.78, 5) is 20.2.